The molecule has 2 aliphatic rings. The maximum atomic E-state index is 13.8. The SMILES string of the molecule is CC(=O)N[C@@H]1[C@@H](OCc2ccccc2)[C@H](O[C@@H]2O[C@H](COCc3ccccc3)[C@@H](O)[C@H](OCc3ccccc3)[C@H]2NC(=O)OCc2ccccc2)[C@@H](COCc2ccccc2)O[C@H]1O. The van der Waals surface area contributed by atoms with Crippen molar-refractivity contribution >= 4 is 12.0 Å². The molecular formula is C50H56N2O12. The number of benzene rings is 5. The van der Waals surface area contributed by atoms with Gasteiger partial charge in [0.25, 0.3) is 0 Å². The van der Waals surface area contributed by atoms with E-state index in [1.165, 1.54) is 6.92 Å². The van der Waals surface area contributed by atoms with Gasteiger partial charge in [0, 0.05) is 6.92 Å². The standard InChI is InChI=1S/C50H56N2O12/c1-34(53)51-42-47(60-30-38-23-13-5-14-24-38)45(41(62-48(42)55)33-58-28-36-19-9-3-10-20-36)64-49-43(52-50(56)61-31-39-25-15-6-16-26-39)46(59-29-37-21-11-4-12-22-37)44(54)40(63-49)32-57-27-35-17-7-2-8-18-35/h2-26,40-49,54-55H,27-33H2,1H3,(H,51,53)(H,52,56)/t40-,41-,42-,43-,44-,45-,46-,47-,48-,49+/m1/s1. The lowest BCUT2D eigenvalue weighted by Crippen LogP contribution is -2.69. The van der Waals surface area contributed by atoms with Crippen molar-refractivity contribution in [3.05, 3.63) is 179 Å². The highest BCUT2D eigenvalue weighted by atomic mass is 16.7. The van der Waals surface area contributed by atoms with Crippen LogP contribution in [0.1, 0.15) is 34.7 Å². The van der Waals surface area contributed by atoms with Crippen LogP contribution in [0.5, 0.6) is 0 Å². The fourth-order valence-electron chi connectivity index (χ4n) is 7.65. The van der Waals surface area contributed by atoms with Crippen molar-refractivity contribution in [2.75, 3.05) is 13.2 Å². The molecule has 2 heterocycles. The summed E-state index contributed by atoms with van der Waals surface area (Å²) < 4.78 is 50.9. The van der Waals surface area contributed by atoms with Gasteiger partial charge >= 0.3 is 6.09 Å². The Labute approximate surface area is 373 Å². The number of alkyl carbamates (subject to hydrolysis) is 1. The fraction of sp³-hybridized carbons (Fsp3) is 0.360. The number of ether oxygens (including phenoxy) is 8. The Balaban J connectivity index is 1.23. The van der Waals surface area contributed by atoms with Gasteiger partial charge in [-0.05, 0) is 27.8 Å². The predicted molar refractivity (Wildman–Crippen MR) is 234 cm³/mol. The third-order valence-corrected chi connectivity index (χ3v) is 10.9. The van der Waals surface area contributed by atoms with Crippen LogP contribution in [0.3, 0.4) is 0 Å². The molecule has 0 spiro atoms. The van der Waals surface area contributed by atoms with E-state index < -0.39 is 73.3 Å². The smallest absolute Gasteiger partial charge is 0.407 e. The second-order valence-electron chi connectivity index (χ2n) is 15.7. The number of rotatable bonds is 20. The van der Waals surface area contributed by atoms with Gasteiger partial charge in [0.15, 0.2) is 12.6 Å². The molecule has 0 radical (unpaired) electrons. The lowest BCUT2D eigenvalue weighted by Gasteiger charge is -2.49. The third kappa shape index (κ3) is 13.5. The zero-order valence-electron chi connectivity index (χ0n) is 35.6. The molecule has 5 aromatic carbocycles. The molecule has 7 rings (SSSR count). The van der Waals surface area contributed by atoms with Gasteiger partial charge in [-0.3, -0.25) is 4.79 Å². The molecule has 0 unspecified atom stereocenters. The molecule has 0 aliphatic carbocycles. The van der Waals surface area contributed by atoms with Crippen LogP contribution in [0, 0.1) is 0 Å². The average molecular weight is 877 g/mol. The summed E-state index contributed by atoms with van der Waals surface area (Å²) in [6.45, 7) is 1.69. The predicted octanol–water partition coefficient (Wildman–Crippen LogP) is 5.58. The van der Waals surface area contributed by atoms with Gasteiger partial charge in [0.2, 0.25) is 5.91 Å². The van der Waals surface area contributed by atoms with E-state index in [1.54, 1.807) is 0 Å². The number of hydrogen-bond donors (Lipinski definition) is 4. The molecule has 0 saturated carbocycles. The van der Waals surface area contributed by atoms with Crippen LogP contribution >= 0.6 is 0 Å². The van der Waals surface area contributed by atoms with Crippen LogP contribution < -0.4 is 10.6 Å². The molecule has 0 aromatic heterocycles. The highest BCUT2D eigenvalue weighted by Gasteiger charge is 2.53. The number of nitrogens with one attached hydrogen (secondary N) is 2. The first-order valence-corrected chi connectivity index (χ1v) is 21.4. The van der Waals surface area contributed by atoms with Crippen LogP contribution in [-0.2, 0) is 75.7 Å². The Bertz CT molecular complexity index is 2120. The molecule has 64 heavy (non-hydrogen) atoms. The molecule has 2 amide bonds. The summed E-state index contributed by atoms with van der Waals surface area (Å²) in [5.74, 6) is -0.443. The lowest BCUT2D eigenvalue weighted by molar-refractivity contribution is -0.337. The van der Waals surface area contributed by atoms with E-state index in [0.717, 1.165) is 27.8 Å². The minimum atomic E-state index is -1.54. The van der Waals surface area contributed by atoms with Gasteiger partial charge in [-0.1, -0.05) is 152 Å². The summed E-state index contributed by atoms with van der Waals surface area (Å²) in [6, 6.07) is 44.8. The minimum Gasteiger partial charge on any atom is -0.445 e. The molecular weight excluding hydrogens is 821 g/mol. The Morgan fingerprint density at radius 2 is 0.953 bits per heavy atom. The van der Waals surface area contributed by atoms with Gasteiger partial charge in [0.1, 0.15) is 55.3 Å². The maximum Gasteiger partial charge on any atom is 0.407 e. The Morgan fingerprint density at radius 3 is 1.44 bits per heavy atom. The van der Waals surface area contributed by atoms with E-state index in [4.69, 9.17) is 37.9 Å². The van der Waals surface area contributed by atoms with Crippen molar-refractivity contribution in [1.82, 2.24) is 10.6 Å². The van der Waals surface area contributed by atoms with Crippen molar-refractivity contribution in [2.24, 2.45) is 0 Å². The normalized spacial score (nSPS) is 25.5. The molecule has 5 aromatic rings. The minimum absolute atomic E-state index is 0.0389. The largest absolute Gasteiger partial charge is 0.445 e. The Hall–Kier alpha value is -5.52. The quantitative estimate of drug-likeness (QED) is 0.0767. The highest BCUT2D eigenvalue weighted by Crippen LogP contribution is 2.33. The van der Waals surface area contributed by atoms with E-state index in [2.05, 4.69) is 10.6 Å². The summed E-state index contributed by atoms with van der Waals surface area (Å²) in [5, 5.41) is 29.3. The summed E-state index contributed by atoms with van der Waals surface area (Å²) in [7, 11) is 0. The van der Waals surface area contributed by atoms with E-state index in [9.17, 15) is 19.8 Å². The van der Waals surface area contributed by atoms with E-state index in [1.807, 2.05) is 152 Å². The average Bonchev–Trinajstić information content (AvgIpc) is 3.32. The number of aliphatic hydroxyl groups excluding tert-OH is 2. The lowest BCUT2D eigenvalue weighted by atomic mass is 9.94. The highest BCUT2D eigenvalue weighted by molar-refractivity contribution is 5.73. The number of aliphatic hydroxyl groups is 2. The van der Waals surface area contributed by atoms with Crippen molar-refractivity contribution in [1.29, 1.82) is 0 Å². The summed E-state index contributed by atoms with van der Waals surface area (Å²) in [6.07, 6.45) is -10.5. The van der Waals surface area contributed by atoms with Crippen LogP contribution in [0.25, 0.3) is 0 Å². The van der Waals surface area contributed by atoms with Crippen molar-refractivity contribution in [3.63, 3.8) is 0 Å². The first-order valence-electron chi connectivity index (χ1n) is 21.4. The van der Waals surface area contributed by atoms with Crippen molar-refractivity contribution < 1.29 is 57.7 Å². The molecule has 0 bridgehead atoms. The zero-order chi connectivity index (χ0) is 44.5. The van der Waals surface area contributed by atoms with Gasteiger partial charge in [-0.25, -0.2) is 4.79 Å². The first kappa shape index (κ1) is 46.5. The monoisotopic (exact) mass is 876 g/mol. The summed E-state index contributed by atoms with van der Waals surface area (Å²) in [5.41, 5.74) is 4.22. The molecule has 2 aliphatic heterocycles. The molecule has 4 N–H and O–H groups in total. The number of carbonyl (C=O) groups is 2. The van der Waals surface area contributed by atoms with E-state index >= 15 is 0 Å². The maximum absolute atomic E-state index is 13.8. The Kier molecular flexibility index (Phi) is 17.4. The zero-order valence-corrected chi connectivity index (χ0v) is 35.6. The summed E-state index contributed by atoms with van der Waals surface area (Å²) in [4.78, 5) is 26.5. The number of amides is 2. The molecule has 14 nitrogen and oxygen atoms in total. The van der Waals surface area contributed by atoms with Gasteiger partial charge in [-0.2, -0.15) is 0 Å². The molecule has 2 fully saturated rings. The van der Waals surface area contributed by atoms with E-state index in [0.29, 0.717) is 0 Å². The van der Waals surface area contributed by atoms with Crippen LogP contribution in [0.2, 0.25) is 0 Å². The Morgan fingerprint density at radius 1 is 0.516 bits per heavy atom. The van der Waals surface area contributed by atoms with Crippen molar-refractivity contribution in [3.8, 4) is 0 Å². The molecule has 14 heteroatoms. The topological polar surface area (TPSA) is 172 Å². The van der Waals surface area contributed by atoms with Crippen LogP contribution in [0.15, 0.2) is 152 Å². The molecule has 2 saturated heterocycles. The second-order valence-corrected chi connectivity index (χ2v) is 15.7. The van der Waals surface area contributed by atoms with Crippen LogP contribution in [0.4, 0.5) is 4.79 Å². The number of hydrogen-bond acceptors (Lipinski definition) is 12. The first-order chi connectivity index (χ1) is 31.3. The van der Waals surface area contributed by atoms with E-state index in [-0.39, 0.29) is 46.2 Å². The fourth-order valence-corrected chi connectivity index (χ4v) is 7.65. The second kappa shape index (κ2) is 24.0. The summed E-state index contributed by atoms with van der Waals surface area (Å²) >= 11 is 0. The van der Waals surface area contributed by atoms with Gasteiger partial charge < -0.3 is 58.7 Å². The number of carbonyl (C=O) groups excluding carboxylic acids is 2. The molecule has 10 atom stereocenters. The van der Waals surface area contributed by atoms with Gasteiger partial charge in [0.05, 0.1) is 39.6 Å². The van der Waals surface area contributed by atoms with Crippen molar-refractivity contribution in [2.45, 2.75) is 101 Å². The van der Waals surface area contributed by atoms with Crippen LogP contribution in [-0.4, -0.2) is 96.7 Å². The van der Waals surface area contributed by atoms with Gasteiger partial charge in [-0.15, -0.1) is 0 Å². The molecule has 338 valence electrons. The third-order valence-electron chi connectivity index (χ3n) is 10.9.